The average Bonchev–Trinajstić information content (AvgIpc) is 3.17. The molecule has 54 heavy (non-hydrogen) atoms. The number of nitrogens with one attached hydrogen (secondary N) is 2. The van der Waals surface area contributed by atoms with E-state index in [1.165, 1.54) is 12.1 Å². The van der Waals surface area contributed by atoms with Crippen molar-refractivity contribution in [1.82, 2.24) is 9.62 Å². The smallest absolute Gasteiger partial charge is 0.293 e. The van der Waals surface area contributed by atoms with Crippen molar-refractivity contribution in [3.63, 3.8) is 0 Å². The largest absolute Gasteiger partial charge is 0.457 e. The van der Waals surface area contributed by atoms with Crippen LogP contribution in [0.3, 0.4) is 0 Å². The number of benzene rings is 5. The van der Waals surface area contributed by atoms with Crippen LogP contribution in [0, 0.1) is 10.1 Å². The molecule has 0 unspecified atom stereocenters. The highest BCUT2D eigenvalue weighted by molar-refractivity contribution is 7.99. The maximum atomic E-state index is 13.3. The monoisotopic (exact) mass is 785 g/mol. The summed E-state index contributed by atoms with van der Waals surface area (Å²) < 4.78 is 34.9. The van der Waals surface area contributed by atoms with Gasteiger partial charge in [-0.05, 0) is 79.1 Å². The average molecular weight is 786 g/mol. The molecule has 5 aromatic rings. The molecule has 14 heteroatoms. The molecule has 2 N–H and O–H groups in total. The Morgan fingerprint density at radius 2 is 1.65 bits per heavy atom. The van der Waals surface area contributed by atoms with Gasteiger partial charge in [-0.15, -0.1) is 24.2 Å². The molecule has 0 saturated carbocycles. The second-order valence-corrected chi connectivity index (χ2v) is 15.8. The molecule has 1 fully saturated rings. The highest BCUT2D eigenvalue weighted by Crippen LogP contribution is 2.35. The van der Waals surface area contributed by atoms with Crippen LogP contribution in [-0.4, -0.2) is 62.1 Å². The molecule has 2 aliphatic rings. The lowest BCUT2D eigenvalue weighted by molar-refractivity contribution is -0.384. The number of anilines is 2. The van der Waals surface area contributed by atoms with Crippen molar-refractivity contribution in [2.45, 2.75) is 35.2 Å². The highest BCUT2D eigenvalue weighted by Gasteiger charge is 2.33. The summed E-state index contributed by atoms with van der Waals surface area (Å²) in [7, 11) is -4.40. The number of sulfonamides is 1. The Kier molecular flexibility index (Phi) is 12.4. The summed E-state index contributed by atoms with van der Waals surface area (Å²) in [6.45, 7) is 3.74. The van der Waals surface area contributed by atoms with Crippen LogP contribution in [0.25, 0.3) is 0 Å². The minimum Gasteiger partial charge on any atom is -0.457 e. The fourth-order valence-electron chi connectivity index (χ4n) is 6.84. The second kappa shape index (κ2) is 17.4. The molecule has 2 aliphatic heterocycles. The molecule has 7 rings (SSSR count). The summed E-state index contributed by atoms with van der Waals surface area (Å²) in [5.41, 5.74) is 3.18. The normalized spacial score (nSPS) is 15.3. The Morgan fingerprint density at radius 3 is 2.43 bits per heavy atom. The number of nitrogens with zero attached hydrogens (tertiary/aromatic N) is 3. The van der Waals surface area contributed by atoms with E-state index in [4.69, 9.17) is 4.74 Å². The number of para-hydroxylation sites is 2. The van der Waals surface area contributed by atoms with Crippen LogP contribution in [0.15, 0.2) is 131 Å². The number of rotatable bonds is 13. The first-order valence-electron chi connectivity index (χ1n) is 17.4. The van der Waals surface area contributed by atoms with Gasteiger partial charge in [0.2, 0.25) is 0 Å². The second-order valence-electron chi connectivity index (χ2n) is 12.9. The molecule has 0 aliphatic carbocycles. The van der Waals surface area contributed by atoms with Gasteiger partial charge in [-0.2, -0.15) is 0 Å². The third kappa shape index (κ3) is 9.16. The molecule has 0 aromatic heterocycles. The first-order chi connectivity index (χ1) is 25.7. The lowest BCUT2D eigenvalue weighted by atomic mass is 9.92. The Morgan fingerprint density at radius 1 is 0.907 bits per heavy atom. The SMILES string of the molecule is Cl.O=C(NS(=O)(=O)c1ccc(NCCSc2ccccc2)c([N+](=O)[O-])c1)c1ccc2c(c1)CC[C@H]1CN(Cc3ccccc3Oc3ccccc3)CCN21. The number of piperazine rings is 1. The molecular weight excluding hydrogens is 746 g/mol. The number of hydrogen-bond acceptors (Lipinski definition) is 10. The molecule has 1 saturated heterocycles. The Labute approximate surface area is 325 Å². The lowest BCUT2D eigenvalue weighted by Crippen LogP contribution is -2.54. The van der Waals surface area contributed by atoms with E-state index in [1.807, 2.05) is 84.9 Å². The van der Waals surface area contributed by atoms with Gasteiger partial charge in [-0.3, -0.25) is 19.8 Å². The van der Waals surface area contributed by atoms with E-state index in [2.05, 4.69) is 25.9 Å². The fraction of sp³-hybridized carbons (Fsp3) is 0.225. The zero-order chi connectivity index (χ0) is 36.8. The van der Waals surface area contributed by atoms with Gasteiger partial charge < -0.3 is 15.0 Å². The summed E-state index contributed by atoms with van der Waals surface area (Å²) in [5, 5.41) is 14.9. The van der Waals surface area contributed by atoms with Crippen molar-refractivity contribution in [2.75, 3.05) is 42.1 Å². The Bertz CT molecular complexity index is 2210. The predicted octanol–water partition coefficient (Wildman–Crippen LogP) is 7.77. The van der Waals surface area contributed by atoms with E-state index in [0.29, 0.717) is 18.3 Å². The minimum atomic E-state index is -4.40. The summed E-state index contributed by atoms with van der Waals surface area (Å²) in [6, 6.07) is 36.8. The van der Waals surface area contributed by atoms with Crippen molar-refractivity contribution in [2.24, 2.45) is 0 Å². The van der Waals surface area contributed by atoms with E-state index in [9.17, 15) is 23.3 Å². The molecule has 0 spiro atoms. The number of ether oxygens (including phenoxy) is 1. The number of thioether (sulfide) groups is 1. The number of carbonyl (C=O) groups is 1. The number of nitro groups is 1. The molecule has 0 radical (unpaired) electrons. The number of carbonyl (C=O) groups excluding carboxylic acids is 1. The van der Waals surface area contributed by atoms with Crippen LogP contribution < -0.4 is 19.7 Å². The number of amides is 1. The van der Waals surface area contributed by atoms with E-state index < -0.39 is 26.5 Å². The van der Waals surface area contributed by atoms with Crippen molar-refractivity contribution < 1.29 is 22.9 Å². The molecule has 2 heterocycles. The maximum Gasteiger partial charge on any atom is 0.293 e. The first-order valence-corrected chi connectivity index (χ1v) is 19.9. The van der Waals surface area contributed by atoms with Gasteiger partial charge in [0.15, 0.2) is 0 Å². The number of aryl methyl sites for hydroxylation is 1. The molecule has 11 nitrogen and oxygen atoms in total. The van der Waals surface area contributed by atoms with E-state index in [1.54, 1.807) is 23.9 Å². The number of nitro benzene ring substituents is 1. The molecule has 5 aromatic carbocycles. The maximum absolute atomic E-state index is 13.3. The van der Waals surface area contributed by atoms with Crippen LogP contribution in [0.2, 0.25) is 0 Å². The number of hydrogen-bond donors (Lipinski definition) is 2. The first kappa shape index (κ1) is 38.6. The van der Waals surface area contributed by atoms with Crippen LogP contribution in [0.1, 0.15) is 27.9 Å². The summed E-state index contributed by atoms with van der Waals surface area (Å²) in [5.74, 6) is 1.50. The van der Waals surface area contributed by atoms with Gasteiger partial charge in [0, 0.05) is 72.3 Å². The van der Waals surface area contributed by atoms with Crippen molar-refractivity contribution >= 4 is 57.2 Å². The standard InChI is InChI=1S/C40H39N5O6S2.ClH/c46-40(42-53(49,50)35-18-19-36(38(26-35)45(47)48)41-21-24-52-34-12-5-2-6-13-34)30-16-20-37-29(25-30)15-17-32-28-43(22-23-44(32)37)27-31-9-7-8-14-39(31)51-33-10-3-1-4-11-33;/h1-14,16,18-20,25-26,32,41H,15,17,21-24,27-28H2,(H,42,46);1H/t32-;/m0./s1. The van der Waals surface area contributed by atoms with Crippen LogP contribution in [-0.2, 0) is 23.0 Å². The quantitative estimate of drug-likeness (QED) is 0.0528. The van der Waals surface area contributed by atoms with Crippen molar-refractivity contribution in [3.05, 3.63) is 148 Å². The Balaban J connectivity index is 0.00000497. The zero-order valence-electron chi connectivity index (χ0n) is 29.3. The van der Waals surface area contributed by atoms with Gasteiger partial charge in [0.05, 0.1) is 9.82 Å². The van der Waals surface area contributed by atoms with Crippen molar-refractivity contribution in [1.29, 1.82) is 0 Å². The Hall–Kier alpha value is -5.08. The number of halogens is 1. The van der Waals surface area contributed by atoms with Gasteiger partial charge in [0.1, 0.15) is 17.2 Å². The van der Waals surface area contributed by atoms with Crippen molar-refractivity contribution in [3.8, 4) is 11.5 Å². The third-order valence-electron chi connectivity index (χ3n) is 9.44. The van der Waals surface area contributed by atoms with E-state index >= 15 is 0 Å². The van der Waals surface area contributed by atoms with Gasteiger partial charge in [-0.25, -0.2) is 13.1 Å². The van der Waals surface area contributed by atoms with Gasteiger partial charge in [0.25, 0.3) is 21.6 Å². The molecule has 280 valence electrons. The van der Waals surface area contributed by atoms with Gasteiger partial charge in [-0.1, -0.05) is 54.6 Å². The van der Waals surface area contributed by atoms with E-state index in [0.717, 1.165) is 78.3 Å². The topological polar surface area (TPSA) is 134 Å². The van der Waals surface area contributed by atoms with E-state index in [-0.39, 0.29) is 28.6 Å². The molecule has 1 amide bonds. The fourth-order valence-corrected chi connectivity index (χ4v) is 8.62. The van der Waals surface area contributed by atoms with Gasteiger partial charge >= 0.3 is 0 Å². The zero-order valence-corrected chi connectivity index (χ0v) is 31.7. The highest BCUT2D eigenvalue weighted by atomic mass is 35.5. The molecule has 1 atom stereocenters. The molecular formula is C40H40ClN5O6S2. The van der Waals surface area contributed by atoms with Crippen LogP contribution in [0.5, 0.6) is 11.5 Å². The molecule has 0 bridgehead atoms. The van der Waals surface area contributed by atoms with Crippen LogP contribution in [0.4, 0.5) is 17.1 Å². The summed E-state index contributed by atoms with van der Waals surface area (Å²) in [4.78, 5) is 30.1. The summed E-state index contributed by atoms with van der Waals surface area (Å²) >= 11 is 1.60. The van der Waals surface area contributed by atoms with Crippen LogP contribution >= 0.6 is 24.2 Å². The summed E-state index contributed by atoms with van der Waals surface area (Å²) in [6.07, 6.45) is 1.64. The predicted molar refractivity (Wildman–Crippen MR) is 215 cm³/mol. The lowest BCUT2D eigenvalue weighted by Gasteiger charge is -2.46. The minimum absolute atomic E-state index is 0. The third-order valence-corrected chi connectivity index (χ3v) is 11.8. The number of fused-ring (bicyclic) bond motifs is 3.